The van der Waals surface area contributed by atoms with E-state index in [1.165, 1.54) is 0 Å². The van der Waals surface area contributed by atoms with Gasteiger partial charge >= 0.3 is 0 Å². The molecule has 1 aliphatic heterocycles. The SMILES string of the molecule is N#Cc1ccc(SN2CCC(C=O)CC2)cc1. The molecule has 1 aromatic carbocycles. The lowest BCUT2D eigenvalue weighted by molar-refractivity contribution is -0.112. The second kappa shape index (κ2) is 5.85. The number of rotatable bonds is 3. The first-order valence-electron chi connectivity index (χ1n) is 5.70. The van der Waals surface area contributed by atoms with Crippen LogP contribution in [-0.2, 0) is 4.79 Å². The molecule has 0 saturated carbocycles. The molecule has 88 valence electrons. The number of aldehydes is 1. The van der Waals surface area contributed by atoms with Gasteiger partial charge in [0.05, 0.1) is 11.6 Å². The van der Waals surface area contributed by atoms with Crippen molar-refractivity contribution in [2.24, 2.45) is 5.92 Å². The third-order valence-electron chi connectivity index (χ3n) is 2.91. The maximum absolute atomic E-state index is 10.6. The van der Waals surface area contributed by atoms with E-state index in [1.807, 2.05) is 24.3 Å². The monoisotopic (exact) mass is 246 g/mol. The third kappa shape index (κ3) is 3.32. The number of nitriles is 1. The van der Waals surface area contributed by atoms with Gasteiger partial charge in [-0.15, -0.1) is 0 Å². The normalized spacial score (nSPS) is 17.6. The van der Waals surface area contributed by atoms with Gasteiger partial charge in [-0.2, -0.15) is 5.26 Å². The van der Waals surface area contributed by atoms with Crippen LogP contribution in [-0.4, -0.2) is 23.7 Å². The first-order chi connectivity index (χ1) is 8.31. The zero-order valence-electron chi connectivity index (χ0n) is 9.50. The average molecular weight is 246 g/mol. The smallest absolute Gasteiger partial charge is 0.123 e. The highest BCUT2D eigenvalue weighted by molar-refractivity contribution is 7.97. The van der Waals surface area contributed by atoms with Crippen molar-refractivity contribution in [3.63, 3.8) is 0 Å². The molecule has 17 heavy (non-hydrogen) atoms. The Bertz CT molecular complexity index is 416. The van der Waals surface area contributed by atoms with E-state index in [-0.39, 0.29) is 5.92 Å². The first kappa shape index (κ1) is 12.2. The molecule has 3 nitrogen and oxygen atoms in total. The van der Waals surface area contributed by atoms with Gasteiger partial charge in [0.2, 0.25) is 0 Å². The molecule has 1 aromatic rings. The number of piperidine rings is 1. The molecule has 1 aliphatic rings. The molecule has 0 radical (unpaired) electrons. The predicted molar refractivity (Wildman–Crippen MR) is 67.4 cm³/mol. The maximum atomic E-state index is 10.6. The van der Waals surface area contributed by atoms with E-state index in [4.69, 9.17) is 5.26 Å². The lowest BCUT2D eigenvalue weighted by Crippen LogP contribution is -2.28. The Labute approximate surface area is 106 Å². The summed E-state index contributed by atoms with van der Waals surface area (Å²) in [6, 6.07) is 9.71. The molecule has 0 amide bonds. The molecule has 0 atom stereocenters. The van der Waals surface area contributed by atoms with E-state index >= 15 is 0 Å². The molecule has 0 bridgehead atoms. The van der Waals surface area contributed by atoms with Crippen LogP contribution in [0, 0.1) is 17.2 Å². The van der Waals surface area contributed by atoms with Crippen LogP contribution in [0.1, 0.15) is 18.4 Å². The van der Waals surface area contributed by atoms with Crippen LogP contribution in [0.5, 0.6) is 0 Å². The van der Waals surface area contributed by atoms with Crippen molar-refractivity contribution in [2.45, 2.75) is 17.7 Å². The van der Waals surface area contributed by atoms with Gasteiger partial charge in [-0.1, -0.05) is 0 Å². The van der Waals surface area contributed by atoms with Gasteiger partial charge in [0, 0.05) is 23.9 Å². The summed E-state index contributed by atoms with van der Waals surface area (Å²) < 4.78 is 2.28. The van der Waals surface area contributed by atoms with Crippen LogP contribution in [0.2, 0.25) is 0 Å². The van der Waals surface area contributed by atoms with Crippen molar-refractivity contribution in [2.75, 3.05) is 13.1 Å². The van der Waals surface area contributed by atoms with E-state index in [0.29, 0.717) is 5.56 Å². The van der Waals surface area contributed by atoms with Crippen molar-refractivity contribution in [1.82, 2.24) is 4.31 Å². The zero-order chi connectivity index (χ0) is 12.1. The second-order valence-corrected chi connectivity index (χ2v) is 5.30. The lowest BCUT2D eigenvalue weighted by atomic mass is 10.0. The minimum atomic E-state index is 0.243. The zero-order valence-corrected chi connectivity index (χ0v) is 10.3. The minimum Gasteiger partial charge on any atom is -0.303 e. The number of nitrogens with zero attached hydrogens (tertiary/aromatic N) is 2. The summed E-state index contributed by atoms with van der Waals surface area (Å²) in [7, 11) is 0. The van der Waals surface area contributed by atoms with Gasteiger partial charge in [0.15, 0.2) is 0 Å². The molecular formula is C13H14N2OS. The summed E-state index contributed by atoms with van der Waals surface area (Å²) in [5.74, 6) is 0.243. The molecule has 4 heteroatoms. The molecule has 1 fully saturated rings. The van der Waals surface area contributed by atoms with Crippen molar-refractivity contribution >= 4 is 18.2 Å². The molecule has 1 heterocycles. The fourth-order valence-corrected chi connectivity index (χ4v) is 2.79. The van der Waals surface area contributed by atoms with Crippen LogP contribution in [0.3, 0.4) is 0 Å². The van der Waals surface area contributed by atoms with Crippen LogP contribution in [0.15, 0.2) is 29.2 Å². The summed E-state index contributed by atoms with van der Waals surface area (Å²) in [5.41, 5.74) is 0.689. The average Bonchev–Trinajstić information content (AvgIpc) is 2.40. The fourth-order valence-electron chi connectivity index (χ4n) is 1.84. The van der Waals surface area contributed by atoms with Crippen molar-refractivity contribution in [3.8, 4) is 6.07 Å². The highest BCUT2D eigenvalue weighted by Crippen LogP contribution is 2.27. The topological polar surface area (TPSA) is 44.1 Å². The highest BCUT2D eigenvalue weighted by atomic mass is 32.2. The molecular weight excluding hydrogens is 232 g/mol. The Hall–Kier alpha value is -1.31. The predicted octanol–water partition coefficient (Wildman–Crippen LogP) is 2.48. The quantitative estimate of drug-likeness (QED) is 0.607. The third-order valence-corrected chi connectivity index (χ3v) is 4.02. The number of carbonyl (C=O) groups excluding carboxylic acids is 1. The van der Waals surface area contributed by atoms with E-state index in [2.05, 4.69) is 10.4 Å². The number of hydrogen-bond acceptors (Lipinski definition) is 4. The van der Waals surface area contributed by atoms with Crippen molar-refractivity contribution in [3.05, 3.63) is 29.8 Å². The number of benzene rings is 1. The Morgan fingerprint density at radius 2 is 1.94 bits per heavy atom. The standard InChI is InChI=1S/C13H14N2OS/c14-9-11-1-3-13(4-2-11)17-15-7-5-12(10-16)6-8-15/h1-4,10,12H,5-8H2. The molecule has 0 spiro atoms. The fraction of sp³-hybridized carbons (Fsp3) is 0.385. The van der Waals surface area contributed by atoms with Gasteiger partial charge in [-0.25, -0.2) is 4.31 Å². The highest BCUT2D eigenvalue weighted by Gasteiger charge is 2.18. The van der Waals surface area contributed by atoms with E-state index in [0.717, 1.165) is 37.1 Å². The van der Waals surface area contributed by atoms with E-state index in [9.17, 15) is 4.79 Å². The van der Waals surface area contributed by atoms with Gasteiger partial charge in [0.1, 0.15) is 6.29 Å². The van der Waals surface area contributed by atoms with Gasteiger partial charge < -0.3 is 4.79 Å². The molecule has 0 N–H and O–H groups in total. The number of hydrogen-bond donors (Lipinski definition) is 0. The van der Waals surface area contributed by atoms with Crippen molar-refractivity contribution < 1.29 is 4.79 Å². The van der Waals surface area contributed by atoms with E-state index < -0.39 is 0 Å². The largest absolute Gasteiger partial charge is 0.303 e. The maximum Gasteiger partial charge on any atom is 0.123 e. The van der Waals surface area contributed by atoms with E-state index in [1.54, 1.807) is 11.9 Å². The summed E-state index contributed by atoms with van der Waals surface area (Å²) in [6.45, 7) is 1.90. The minimum absolute atomic E-state index is 0.243. The summed E-state index contributed by atoms with van der Waals surface area (Å²) in [5, 5.41) is 8.71. The summed E-state index contributed by atoms with van der Waals surface area (Å²) in [4.78, 5) is 11.8. The Balaban J connectivity index is 1.89. The van der Waals surface area contributed by atoms with Crippen LogP contribution in [0.25, 0.3) is 0 Å². The summed E-state index contributed by atoms with van der Waals surface area (Å²) in [6.07, 6.45) is 2.98. The Morgan fingerprint density at radius 1 is 1.29 bits per heavy atom. The summed E-state index contributed by atoms with van der Waals surface area (Å²) >= 11 is 1.70. The van der Waals surface area contributed by atoms with Crippen LogP contribution in [0.4, 0.5) is 0 Å². The second-order valence-electron chi connectivity index (χ2n) is 4.13. The van der Waals surface area contributed by atoms with Gasteiger partial charge in [-0.05, 0) is 49.1 Å². The Morgan fingerprint density at radius 3 is 2.47 bits per heavy atom. The van der Waals surface area contributed by atoms with Crippen molar-refractivity contribution in [1.29, 1.82) is 5.26 Å². The molecule has 0 unspecified atom stereocenters. The number of carbonyl (C=O) groups is 1. The Kier molecular flexibility index (Phi) is 4.18. The van der Waals surface area contributed by atoms with Crippen LogP contribution >= 0.6 is 11.9 Å². The van der Waals surface area contributed by atoms with Gasteiger partial charge in [0.25, 0.3) is 0 Å². The molecule has 0 aromatic heterocycles. The first-order valence-corrected chi connectivity index (χ1v) is 6.47. The van der Waals surface area contributed by atoms with Crippen LogP contribution < -0.4 is 0 Å². The lowest BCUT2D eigenvalue weighted by Gasteiger charge is -2.28. The van der Waals surface area contributed by atoms with Gasteiger partial charge in [-0.3, -0.25) is 0 Å². The molecule has 2 rings (SSSR count). The molecule has 0 aliphatic carbocycles. The molecule has 1 saturated heterocycles.